The van der Waals surface area contributed by atoms with Crippen LogP contribution in [-0.2, 0) is 6.42 Å². The zero-order chi connectivity index (χ0) is 11.0. The number of para-hydroxylation sites is 1. The van der Waals surface area contributed by atoms with Gasteiger partial charge in [-0.3, -0.25) is 0 Å². The van der Waals surface area contributed by atoms with Gasteiger partial charge in [0, 0.05) is 6.54 Å². The fourth-order valence-corrected chi connectivity index (χ4v) is 2.13. The third kappa shape index (κ3) is 1.46. The molecular weight excluding hydrogens is 224 g/mol. The van der Waals surface area contributed by atoms with Gasteiger partial charge in [0.05, 0.1) is 10.7 Å². The lowest BCUT2D eigenvalue weighted by Gasteiger charge is -2.14. The summed E-state index contributed by atoms with van der Waals surface area (Å²) in [7, 11) is 0. The summed E-state index contributed by atoms with van der Waals surface area (Å²) in [5, 5.41) is 12.3. The molecule has 0 saturated heterocycles. The maximum atomic E-state index is 6.14. The number of nitrogens with one attached hydrogen (secondary N) is 1. The number of aromatic nitrogens is 3. The summed E-state index contributed by atoms with van der Waals surface area (Å²) in [6.45, 7) is 0.963. The van der Waals surface area contributed by atoms with Gasteiger partial charge in [0.15, 0.2) is 5.82 Å². The van der Waals surface area contributed by atoms with Crippen LogP contribution < -0.4 is 5.32 Å². The second-order valence-electron chi connectivity index (χ2n) is 3.78. The summed E-state index contributed by atoms with van der Waals surface area (Å²) in [4.78, 5) is 0. The van der Waals surface area contributed by atoms with Gasteiger partial charge in [-0.15, -0.1) is 5.10 Å². The van der Waals surface area contributed by atoms with E-state index in [0.29, 0.717) is 5.02 Å². The number of aryl methyl sites for hydroxylation is 1. The summed E-state index contributed by atoms with van der Waals surface area (Å²) < 4.78 is 1.77. The Morgan fingerprint density at radius 1 is 1.31 bits per heavy atom. The SMILES string of the molecule is Clc1ccccc1-n1nnc2c1NCCC2. The van der Waals surface area contributed by atoms with Crippen LogP contribution in [-0.4, -0.2) is 21.5 Å². The van der Waals surface area contributed by atoms with E-state index in [1.807, 2.05) is 24.3 Å². The summed E-state index contributed by atoms with van der Waals surface area (Å²) in [6, 6.07) is 7.64. The molecule has 0 radical (unpaired) electrons. The Hall–Kier alpha value is -1.55. The van der Waals surface area contributed by atoms with Crippen molar-refractivity contribution in [2.75, 3.05) is 11.9 Å². The molecule has 0 fully saturated rings. The number of fused-ring (bicyclic) bond motifs is 1. The van der Waals surface area contributed by atoms with Crippen LogP contribution in [0.5, 0.6) is 0 Å². The van der Waals surface area contributed by atoms with Crippen molar-refractivity contribution in [3.8, 4) is 5.69 Å². The van der Waals surface area contributed by atoms with Crippen LogP contribution in [0.3, 0.4) is 0 Å². The number of rotatable bonds is 1. The maximum absolute atomic E-state index is 6.14. The lowest BCUT2D eigenvalue weighted by Crippen LogP contribution is -2.14. The van der Waals surface area contributed by atoms with Gasteiger partial charge in [0.25, 0.3) is 0 Å². The molecule has 2 heterocycles. The van der Waals surface area contributed by atoms with Gasteiger partial charge in [0.1, 0.15) is 5.69 Å². The molecule has 0 amide bonds. The van der Waals surface area contributed by atoms with Gasteiger partial charge < -0.3 is 5.32 Å². The van der Waals surface area contributed by atoms with Gasteiger partial charge in [-0.1, -0.05) is 28.9 Å². The van der Waals surface area contributed by atoms with Crippen molar-refractivity contribution in [3.05, 3.63) is 35.0 Å². The Labute approximate surface area is 98.2 Å². The monoisotopic (exact) mass is 234 g/mol. The molecule has 1 aromatic heterocycles. The average Bonchev–Trinajstić information content (AvgIpc) is 2.74. The molecule has 16 heavy (non-hydrogen) atoms. The zero-order valence-corrected chi connectivity index (χ0v) is 9.41. The van der Waals surface area contributed by atoms with E-state index in [1.165, 1.54) is 0 Å². The third-order valence-electron chi connectivity index (χ3n) is 2.70. The average molecular weight is 235 g/mol. The van der Waals surface area contributed by atoms with Crippen molar-refractivity contribution in [1.29, 1.82) is 0 Å². The van der Waals surface area contributed by atoms with E-state index in [9.17, 15) is 0 Å². The molecule has 1 aromatic carbocycles. The van der Waals surface area contributed by atoms with E-state index < -0.39 is 0 Å². The minimum Gasteiger partial charge on any atom is -0.368 e. The fraction of sp³-hybridized carbons (Fsp3) is 0.273. The Bertz CT molecular complexity index is 520. The van der Waals surface area contributed by atoms with Crippen LogP contribution in [0.1, 0.15) is 12.1 Å². The summed E-state index contributed by atoms with van der Waals surface area (Å²) in [5.74, 6) is 0.972. The Morgan fingerprint density at radius 3 is 3.06 bits per heavy atom. The molecule has 1 aliphatic heterocycles. The van der Waals surface area contributed by atoms with E-state index in [1.54, 1.807) is 4.68 Å². The summed E-state index contributed by atoms with van der Waals surface area (Å²) in [5.41, 5.74) is 1.89. The van der Waals surface area contributed by atoms with E-state index >= 15 is 0 Å². The molecule has 1 aliphatic rings. The van der Waals surface area contributed by atoms with Crippen molar-refractivity contribution < 1.29 is 0 Å². The number of nitrogens with zero attached hydrogens (tertiary/aromatic N) is 3. The zero-order valence-electron chi connectivity index (χ0n) is 8.65. The van der Waals surface area contributed by atoms with Crippen molar-refractivity contribution in [2.45, 2.75) is 12.8 Å². The highest BCUT2D eigenvalue weighted by molar-refractivity contribution is 6.32. The van der Waals surface area contributed by atoms with E-state index in [-0.39, 0.29) is 0 Å². The van der Waals surface area contributed by atoms with Crippen molar-refractivity contribution >= 4 is 17.4 Å². The summed E-state index contributed by atoms with van der Waals surface area (Å²) >= 11 is 6.14. The number of benzene rings is 1. The van der Waals surface area contributed by atoms with E-state index in [0.717, 1.165) is 36.6 Å². The third-order valence-corrected chi connectivity index (χ3v) is 3.02. The standard InChI is InChI=1S/C11H11ClN4/c12-8-4-1-2-6-10(8)16-11-9(14-15-16)5-3-7-13-11/h1-2,4,6,13H,3,5,7H2. The number of hydrogen-bond donors (Lipinski definition) is 1. The Balaban J connectivity index is 2.13. The van der Waals surface area contributed by atoms with Crippen molar-refractivity contribution in [2.24, 2.45) is 0 Å². The molecule has 4 nitrogen and oxygen atoms in total. The van der Waals surface area contributed by atoms with Gasteiger partial charge in [-0.05, 0) is 25.0 Å². The predicted molar refractivity (Wildman–Crippen MR) is 63.2 cm³/mol. The molecule has 0 aliphatic carbocycles. The Kier molecular flexibility index (Phi) is 2.29. The maximum Gasteiger partial charge on any atom is 0.153 e. The van der Waals surface area contributed by atoms with Crippen LogP contribution in [0.4, 0.5) is 5.82 Å². The van der Waals surface area contributed by atoms with Crippen LogP contribution >= 0.6 is 11.6 Å². The first-order chi connectivity index (χ1) is 7.86. The van der Waals surface area contributed by atoms with Gasteiger partial charge in [-0.25, -0.2) is 0 Å². The van der Waals surface area contributed by atoms with Crippen LogP contribution in [0.2, 0.25) is 5.02 Å². The molecule has 0 bridgehead atoms. The van der Waals surface area contributed by atoms with Crippen LogP contribution in [0, 0.1) is 0 Å². The van der Waals surface area contributed by atoms with E-state index in [4.69, 9.17) is 11.6 Å². The minimum absolute atomic E-state index is 0.683. The quantitative estimate of drug-likeness (QED) is 0.823. The Morgan fingerprint density at radius 2 is 2.19 bits per heavy atom. The molecule has 5 heteroatoms. The van der Waals surface area contributed by atoms with E-state index in [2.05, 4.69) is 15.6 Å². The molecule has 1 N–H and O–H groups in total. The first-order valence-corrected chi connectivity index (χ1v) is 5.67. The molecule has 0 spiro atoms. The fourth-order valence-electron chi connectivity index (χ4n) is 1.91. The first kappa shape index (κ1) is 9.66. The van der Waals surface area contributed by atoms with Crippen LogP contribution in [0.15, 0.2) is 24.3 Å². The highest BCUT2D eigenvalue weighted by atomic mass is 35.5. The number of anilines is 1. The van der Waals surface area contributed by atoms with Crippen molar-refractivity contribution in [3.63, 3.8) is 0 Å². The first-order valence-electron chi connectivity index (χ1n) is 5.29. The molecule has 0 saturated carbocycles. The molecule has 0 atom stereocenters. The lowest BCUT2D eigenvalue weighted by atomic mass is 10.2. The second-order valence-corrected chi connectivity index (χ2v) is 4.19. The molecule has 3 rings (SSSR count). The normalized spacial score (nSPS) is 14.3. The van der Waals surface area contributed by atoms with Crippen molar-refractivity contribution in [1.82, 2.24) is 15.0 Å². The molecular formula is C11H11ClN4. The lowest BCUT2D eigenvalue weighted by molar-refractivity contribution is 0.799. The number of halogens is 1. The predicted octanol–water partition coefficient (Wildman–Crippen LogP) is 2.28. The second kappa shape index (κ2) is 3.79. The van der Waals surface area contributed by atoms with Gasteiger partial charge in [-0.2, -0.15) is 4.68 Å². The van der Waals surface area contributed by atoms with Gasteiger partial charge >= 0.3 is 0 Å². The molecule has 0 unspecified atom stereocenters. The smallest absolute Gasteiger partial charge is 0.153 e. The summed E-state index contributed by atoms with van der Waals surface area (Å²) in [6.07, 6.45) is 2.08. The van der Waals surface area contributed by atoms with Crippen LogP contribution in [0.25, 0.3) is 5.69 Å². The molecule has 82 valence electrons. The topological polar surface area (TPSA) is 42.7 Å². The highest BCUT2D eigenvalue weighted by Crippen LogP contribution is 2.26. The molecule has 2 aromatic rings. The number of hydrogen-bond acceptors (Lipinski definition) is 3. The minimum atomic E-state index is 0.683. The van der Waals surface area contributed by atoms with Gasteiger partial charge in [0.2, 0.25) is 0 Å². The largest absolute Gasteiger partial charge is 0.368 e. The highest BCUT2D eigenvalue weighted by Gasteiger charge is 2.18.